The first kappa shape index (κ1) is 13.8. The summed E-state index contributed by atoms with van der Waals surface area (Å²) in [6, 6.07) is 14.5. The van der Waals surface area contributed by atoms with Gasteiger partial charge in [-0.2, -0.15) is 0 Å². The summed E-state index contributed by atoms with van der Waals surface area (Å²) in [5, 5.41) is 8.33. The van der Waals surface area contributed by atoms with Crippen LogP contribution in [0, 0.1) is 0 Å². The highest BCUT2D eigenvalue weighted by molar-refractivity contribution is 5.87. The summed E-state index contributed by atoms with van der Waals surface area (Å²) in [7, 11) is 4.22. The lowest BCUT2D eigenvalue weighted by atomic mass is 9.94. The van der Waals surface area contributed by atoms with Crippen molar-refractivity contribution in [2.45, 2.75) is 12.8 Å². The minimum atomic E-state index is 0.920. The third-order valence-electron chi connectivity index (χ3n) is 3.70. The Balaban J connectivity index is 2.00. The van der Waals surface area contributed by atoms with Crippen LogP contribution in [0.1, 0.15) is 12.0 Å². The summed E-state index contributed by atoms with van der Waals surface area (Å²) < 4.78 is 0. The van der Waals surface area contributed by atoms with E-state index in [-0.39, 0.29) is 0 Å². The van der Waals surface area contributed by atoms with Crippen LogP contribution in [0.4, 0.5) is 11.4 Å². The average molecular weight is 280 g/mol. The van der Waals surface area contributed by atoms with Gasteiger partial charge >= 0.3 is 0 Å². The maximum atomic E-state index is 4.26. The van der Waals surface area contributed by atoms with E-state index in [1.807, 2.05) is 12.1 Å². The number of benzene rings is 2. The van der Waals surface area contributed by atoms with Gasteiger partial charge in [-0.25, -0.2) is 0 Å². The van der Waals surface area contributed by atoms with Crippen molar-refractivity contribution in [1.82, 2.24) is 4.90 Å². The molecular formula is C17H20N4. The number of hydrogen-bond donors (Lipinski definition) is 1. The van der Waals surface area contributed by atoms with E-state index >= 15 is 0 Å². The van der Waals surface area contributed by atoms with Crippen molar-refractivity contribution < 1.29 is 0 Å². The van der Waals surface area contributed by atoms with Crippen LogP contribution < -0.4 is 5.43 Å². The Morgan fingerprint density at radius 3 is 2.76 bits per heavy atom. The molecule has 0 atom stereocenters. The fourth-order valence-corrected chi connectivity index (χ4v) is 2.71. The molecule has 21 heavy (non-hydrogen) atoms. The molecule has 1 aliphatic rings. The van der Waals surface area contributed by atoms with Gasteiger partial charge in [-0.05, 0) is 51.2 Å². The number of rotatable bonds is 4. The molecule has 0 unspecified atom stereocenters. The van der Waals surface area contributed by atoms with Gasteiger partial charge in [-0.1, -0.05) is 35.6 Å². The minimum Gasteiger partial charge on any atom is -0.309 e. The Labute approximate surface area is 125 Å². The van der Waals surface area contributed by atoms with E-state index in [9.17, 15) is 0 Å². The second-order valence-corrected chi connectivity index (χ2v) is 5.58. The summed E-state index contributed by atoms with van der Waals surface area (Å²) in [4.78, 5) is 2.22. The van der Waals surface area contributed by atoms with Crippen molar-refractivity contribution in [3.05, 3.63) is 48.0 Å². The molecule has 0 saturated heterocycles. The predicted octanol–water partition coefficient (Wildman–Crippen LogP) is 4.27. The third-order valence-corrected chi connectivity index (χ3v) is 3.70. The van der Waals surface area contributed by atoms with Crippen LogP contribution in [0.2, 0.25) is 0 Å². The number of nitrogens with zero attached hydrogens (tertiary/aromatic N) is 3. The second-order valence-electron chi connectivity index (χ2n) is 5.58. The lowest BCUT2D eigenvalue weighted by Crippen LogP contribution is -2.13. The SMILES string of the molecule is CN(C)CCCc1cccc2c1-c1ccccc1N=NN2. The number of nitrogens with one attached hydrogen (secondary N) is 1. The number of hydrogen-bond acceptors (Lipinski definition) is 4. The van der Waals surface area contributed by atoms with Crippen molar-refractivity contribution in [2.75, 3.05) is 26.1 Å². The van der Waals surface area contributed by atoms with Crippen LogP contribution >= 0.6 is 0 Å². The molecule has 0 bridgehead atoms. The zero-order valence-electron chi connectivity index (χ0n) is 12.5. The molecule has 0 radical (unpaired) electrons. The van der Waals surface area contributed by atoms with Crippen LogP contribution in [0.3, 0.4) is 0 Å². The van der Waals surface area contributed by atoms with Crippen molar-refractivity contribution in [2.24, 2.45) is 10.3 Å². The van der Waals surface area contributed by atoms with Gasteiger partial charge < -0.3 is 4.90 Å². The van der Waals surface area contributed by atoms with Gasteiger partial charge in [0.2, 0.25) is 0 Å². The normalized spacial score (nSPS) is 12.5. The number of aryl methyl sites for hydroxylation is 1. The van der Waals surface area contributed by atoms with Crippen molar-refractivity contribution in [3.63, 3.8) is 0 Å². The Bertz CT molecular complexity index is 662. The molecule has 0 aliphatic carbocycles. The molecule has 4 heteroatoms. The van der Waals surface area contributed by atoms with Gasteiger partial charge in [0.1, 0.15) is 0 Å². The first-order valence-corrected chi connectivity index (χ1v) is 7.28. The maximum absolute atomic E-state index is 4.26. The van der Waals surface area contributed by atoms with Gasteiger partial charge in [0.05, 0.1) is 11.4 Å². The molecule has 1 N–H and O–H groups in total. The first-order chi connectivity index (χ1) is 10.3. The van der Waals surface area contributed by atoms with E-state index in [2.05, 4.69) is 65.1 Å². The lowest BCUT2D eigenvalue weighted by molar-refractivity contribution is 0.400. The van der Waals surface area contributed by atoms with Crippen molar-refractivity contribution >= 4 is 11.4 Å². The molecule has 0 aromatic heterocycles. The fraction of sp³-hybridized carbons (Fsp3) is 0.294. The molecule has 0 fully saturated rings. The van der Waals surface area contributed by atoms with Crippen LogP contribution in [0.5, 0.6) is 0 Å². The zero-order valence-corrected chi connectivity index (χ0v) is 12.5. The molecule has 1 heterocycles. The van der Waals surface area contributed by atoms with E-state index in [4.69, 9.17) is 0 Å². The molecule has 2 aromatic carbocycles. The Hall–Kier alpha value is -2.20. The molecule has 3 rings (SSSR count). The van der Waals surface area contributed by atoms with E-state index in [0.29, 0.717) is 0 Å². The molecule has 0 spiro atoms. The largest absolute Gasteiger partial charge is 0.309 e. The number of fused-ring (bicyclic) bond motifs is 3. The van der Waals surface area contributed by atoms with Crippen LogP contribution in [0.15, 0.2) is 52.8 Å². The van der Waals surface area contributed by atoms with Gasteiger partial charge in [0, 0.05) is 11.1 Å². The first-order valence-electron chi connectivity index (χ1n) is 7.28. The Morgan fingerprint density at radius 1 is 1.05 bits per heavy atom. The highest BCUT2D eigenvalue weighted by Gasteiger charge is 2.16. The molecule has 0 saturated carbocycles. The summed E-state index contributed by atoms with van der Waals surface area (Å²) in [5.74, 6) is 0. The minimum absolute atomic E-state index is 0.920. The average Bonchev–Trinajstić information content (AvgIpc) is 2.66. The Morgan fingerprint density at radius 2 is 1.90 bits per heavy atom. The molecule has 1 aliphatic heterocycles. The maximum Gasteiger partial charge on any atom is 0.0953 e. The third kappa shape index (κ3) is 2.95. The predicted molar refractivity (Wildman–Crippen MR) is 86.9 cm³/mol. The summed E-state index contributed by atoms with van der Waals surface area (Å²) in [5.41, 5.74) is 8.75. The highest BCUT2D eigenvalue weighted by Crippen LogP contribution is 2.40. The summed E-state index contributed by atoms with van der Waals surface area (Å²) >= 11 is 0. The van der Waals surface area contributed by atoms with E-state index < -0.39 is 0 Å². The summed E-state index contributed by atoms with van der Waals surface area (Å²) in [6.07, 6.45) is 2.19. The molecule has 2 aromatic rings. The van der Waals surface area contributed by atoms with Gasteiger partial charge in [0.15, 0.2) is 0 Å². The topological polar surface area (TPSA) is 40.0 Å². The van der Waals surface area contributed by atoms with Crippen molar-refractivity contribution in [1.29, 1.82) is 0 Å². The van der Waals surface area contributed by atoms with Crippen molar-refractivity contribution in [3.8, 4) is 11.1 Å². The lowest BCUT2D eigenvalue weighted by Gasteiger charge is -2.15. The van der Waals surface area contributed by atoms with E-state index in [1.165, 1.54) is 11.1 Å². The van der Waals surface area contributed by atoms with Gasteiger partial charge in [0.25, 0.3) is 0 Å². The van der Waals surface area contributed by atoms with Crippen LogP contribution in [-0.2, 0) is 6.42 Å². The molecule has 108 valence electrons. The zero-order chi connectivity index (χ0) is 14.7. The number of anilines is 1. The standard InChI is InChI=1S/C17H20N4/c1-21(2)12-6-8-13-7-5-11-16-17(13)14-9-3-4-10-15(14)18-20-19-16/h3-5,7,9-11H,6,8,12H2,1-2H3,(H,18,19). The quantitative estimate of drug-likeness (QED) is 0.908. The summed E-state index contributed by atoms with van der Waals surface area (Å²) in [6.45, 7) is 1.09. The molecule has 0 amide bonds. The van der Waals surface area contributed by atoms with Crippen LogP contribution in [-0.4, -0.2) is 25.5 Å². The monoisotopic (exact) mass is 280 g/mol. The fourth-order valence-electron chi connectivity index (χ4n) is 2.71. The highest BCUT2D eigenvalue weighted by atomic mass is 15.4. The molecular weight excluding hydrogens is 260 g/mol. The van der Waals surface area contributed by atoms with Gasteiger partial charge in [-0.3, -0.25) is 5.43 Å². The van der Waals surface area contributed by atoms with Crippen LogP contribution in [0.25, 0.3) is 11.1 Å². The van der Waals surface area contributed by atoms with Gasteiger partial charge in [-0.15, -0.1) is 5.11 Å². The second kappa shape index (κ2) is 6.06. The smallest absolute Gasteiger partial charge is 0.0953 e. The van der Waals surface area contributed by atoms with E-state index in [0.717, 1.165) is 36.3 Å². The van der Waals surface area contributed by atoms with E-state index in [1.54, 1.807) is 0 Å². The Kier molecular flexibility index (Phi) is 3.97. The molecule has 4 nitrogen and oxygen atoms in total.